The third kappa shape index (κ3) is 2.33. The van der Waals surface area contributed by atoms with Gasteiger partial charge in [0.1, 0.15) is 0 Å². The summed E-state index contributed by atoms with van der Waals surface area (Å²) >= 11 is 0. The molecule has 1 aliphatic heterocycles. The maximum Gasteiger partial charge on any atom is 0.0884 e. The Hall–Kier alpha value is -1.39. The van der Waals surface area contributed by atoms with E-state index in [1.165, 1.54) is 11.1 Å². The lowest BCUT2D eigenvalue weighted by atomic mass is 10.00. The summed E-state index contributed by atoms with van der Waals surface area (Å²) in [7, 11) is 4.01. The highest BCUT2D eigenvalue weighted by atomic mass is 15.8. The Kier molecular flexibility index (Phi) is 3.45. The number of hydrogen-bond acceptors (Lipinski definition) is 4. The van der Waals surface area contributed by atoms with E-state index >= 15 is 0 Å². The quantitative estimate of drug-likeness (QED) is 0.852. The summed E-state index contributed by atoms with van der Waals surface area (Å²) in [6.07, 6.45) is 0.924. The first kappa shape index (κ1) is 12.1. The number of hydrazone groups is 1. The van der Waals surface area contributed by atoms with Gasteiger partial charge in [0.15, 0.2) is 0 Å². The molecule has 0 spiro atoms. The van der Waals surface area contributed by atoms with Crippen molar-refractivity contribution in [3.63, 3.8) is 0 Å². The molecule has 0 bridgehead atoms. The number of hydrogen-bond donors (Lipinski definition) is 1. The van der Waals surface area contributed by atoms with Crippen LogP contribution in [0.1, 0.15) is 17.5 Å². The molecular formula is C13H20N4. The van der Waals surface area contributed by atoms with Crippen molar-refractivity contribution in [2.24, 2.45) is 10.8 Å². The van der Waals surface area contributed by atoms with Gasteiger partial charge in [-0.2, -0.15) is 10.1 Å². The summed E-state index contributed by atoms with van der Waals surface area (Å²) in [6.45, 7) is 2.77. The van der Waals surface area contributed by atoms with Crippen LogP contribution in [0.4, 0.5) is 0 Å². The number of aryl methyl sites for hydroxylation is 1. The monoisotopic (exact) mass is 232 g/mol. The predicted octanol–water partition coefficient (Wildman–Crippen LogP) is 1.21. The number of nitrogens with zero attached hydrogens (tertiary/aromatic N) is 3. The molecule has 92 valence electrons. The molecule has 1 unspecified atom stereocenters. The largest absolute Gasteiger partial charge is 0.330 e. The Morgan fingerprint density at radius 1 is 1.24 bits per heavy atom. The number of rotatable bonds is 3. The van der Waals surface area contributed by atoms with Gasteiger partial charge in [0.25, 0.3) is 0 Å². The van der Waals surface area contributed by atoms with Crippen LogP contribution in [0.2, 0.25) is 0 Å². The smallest absolute Gasteiger partial charge is 0.0884 e. The minimum absolute atomic E-state index is 0.285. The zero-order chi connectivity index (χ0) is 12.4. The first-order valence-corrected chi connectivity index (χ1v) is 5.95. The van der Waals surface area contributed by atoms with Crippen LogP contribution in [0.15, 0.2) is 29.4 Å². The summed E-state index contributed by atoms with van der Waals surface area (Å²) in [5, 5.41) is 8.60. The van der Waals surface area contributed by atoms with E-state index in [9.17, 15) is 0 Å². The minimum atomic E-state index is 0.285. The minimum Gasteiger partial charge on any atom is -0.330 e. The molecule has 0 saturated carbocycles. The Morgan fingerprint density at radius 3 is 2.47 bits per heavy atom. The molecule has 1 aromatic rings. The Labute approximate surface area is 103 Å². The van der Waals surface area contributed by atoms with Gasteiger partial charge in [-0.05, 0) is 25.5 Å². The molecule has 0 aliphatic carbocycles. The van der Waals surface area contributed by atoms with Gasteiger partial charge in [0, 0.05) is 14.1 Å². The molecule has 0 amide bonds. The lowest BCUT2D eigenvalue weighted by Gasteiger charge is -2.24. The van der Waals surface area contributed by atoms with E-state index in [2.05, 4.69) is 41.3 Å². The lowest BCUT2D eigenvalue weighted by molar-refractivity contribution is 0.0334. The highest BCUT2D eigenvalue weighted by Gasteiger charge is 2.30. The molecule has 0 fully saturated rings. The first-order valence-electron chi connectivity index (χ1n) is 5.95. The van der Waals surface area contributed by atoms with Crippen molar-refractivity contribution < 1.29 is 0 Å². The van der Waals surface area contributed by atoms with Gasteiger partial charge in [0.2, 0.25) is 0 Å². The van der Waals surface area contributed by atoms with Gasteiger partial charge >= 0.3 is 0 Å². The van der Waals surface area contributed by atoms with E-state index in [0.29, 0.717) is 6.54 Å². The fraction of sp³-hybridized carbons (Fsp3) is 0.462. The molecule has 1 atom stereocenters. The molecule has 17 heavy (non-hydrogen) atoms. The number of likely N-dealkylation sites (N-methyl/N-ethyl adjacent to an activating group) is 1. The van der Waals surface area contributed by atoms with Gasteiger partial charge < -0.3 is 5.73 Å². The van der Waals surface area contributed by atoms with Crippen LogP contribution >= 0.6 is 0 Å². The molecule has 2 rings (SSSR count). The van der Waals surface area contributed by atoms with Crippen LogP contribution < -0.4 is 5.73 Å². The van der Waals surface area contributed by atoms with E-state index in [4.69, 9.17) is 5.73 Å². The Balaban J connectivity index is 2.29. The Morgan fingerprint density at radius 2 is 1.88 bits per heavy atom. The fourth-order valence-electron chi connectivity index (χ4n) is 2.13. The van der Waals surface area contributed by atoms with Crippen LogP contribution in [0.3, 0.4) is 0 Å². The van der Waals surface area contributed by atoms with E-state index in [0.717, 1.165) is 12.1 Å². The second-order valence-electron chi connectivity index (χ2n) is 4.51. The van der Waals surface area contributed by atoms with Gasteiger partial charge in [-0.15, -0.1) is 0 Å². The highest BCUT2D eigenvalue weighted by Crippen LogP contribution is 2.20. The second kappa shape index (κ2) is 4.85. The molecule has 1 aromatic carbocycles. The van der Waals surface area contributed by atoms with Crippen LogP contribution in [0, 0.1) is 6.92 Å². The normalized spacial score (nSPS) is 20.8. The first-order chi connectivity index (χ1) is 8.13. The zero-order valence-electron chi connectivity index (χ0n) is 10.7. The molecule has 0 aromatic heterocycles. The van der Waals surface area contributed by atoms with Crippen molar-refractivity contribution in [3.05, 3.63) is 35.4 Å². The molecule has 1 heterocycles. The number of nitrogens with two attached hydrogens (primary N) is 1. The molecule has 0 radical (unpaired) electrons. The average molecular weight is 232 g/mol. The van der Waals surface area contributed by atoms with E-state index in [-0.39, 0.29) is 6.04 Å². The molecule has 4 nitrogen and oxygen atoms in total. The fourth-order valence-corrected chi connectivity index (χ4v) is 2.13. The molecule has 1 aliphatic rings. The lowest BCUT2D eigenvalue weighted by Crippen LogP contribution is -2.39. The second-order valence-corrected chi connectivity index (χ2v) is 4.51. The van der Waals surface area contributed by atoms with Gasteiger partial charge in [0.05, 0.1) is 11.8 Å². The van der Waals surface area contributed by atoms with E-state index < -0.39 is 0 Å². The summed E-state index contributed by atoms with van der Waals surface area (Å²) in [5.74, 6) is 0. The predicted molar refractivity (Wildman–Crippen MR) is 70.7 cm³/mol. The van der Waals surface area contributed by atoms with Crippen molar-refractivity contribution in [1.82, 2.24) is 10.1 Å². The summed E-state index contributed by atoms with van der Waals surface area (Å²) in [6, 6.07) is 8.79. The molecule has 0 saturated heterocycles. The SMILES string of the molecule is Cc1ccc(C2=NN(C)N(C)C2CCN)cc1. The molecule has 4 heteroatoms. The standard InChI is InChI=1S/C13H20N4/c1-10-4-6-11(7-5-10)13-12(8-9-14)16(2)17(3)15-13/h4-7,12H,8-9,14H2,1-3H3. The van der Waals surface area contributed by atoms with Crippen molar-refractivity contribution in [2.45, 2.75) is 19.4 Å². The van der Waals surface area contributed by atoms with E-state index in [1.54, 1.807) is 0 Å². The van der Waals surface area contributed by atoms with Gasteiger partial charge in [-0.25, -0.2) is 5.12 Å². The summed E-state index contributed by atoms with van der Waals surface area (Å²) in [4.78, 5) is 0. The van der Waals surface area contributed by atoms with Crippen molar-refractivity contribution in [1.29, 1.82) is 0 Å². The van der Waals surface area contributed by atoms with Crippen LogP contribution in [-0.4, -0.2) is 42.5 Å². The van der Waals surface area contributed by atoms with Crippen LogP contribution in [0.25, 0.3) is 0 Å². The van der Waals surface area contributed by atoms with Crippen molar-refractivity contribution >= 4 is 5.71 Å². The van der Waals surface area contributed by atoms with Crippen LogP contribution in [0.5, 0.6) is 0 Å². The molecular weight excluding hydrogens is 212 g/mol. The number of hydrazine groups is 1. The van der Waals surface area contributed by atoms with E-state index in [1.807, 2.05) is 19.2 Å². The highest BCUT2D eigenvalue weighted by molar-refractivity contribution is 6.05. The van der Waals surface area contributed by atoms with Crippen LogP contribution in [-0.2, 0) is 0 Å². The van der Waals surface area contributed by atoms with Gasteiger partial charge in [-0.1, -0.05) is 29.8 Å². The van der Waals surface area contributed by atoms with Crippen molar-refractivity contribution in [3.8, 4) is 0 Å². The average Bonchev–Trinajstić information content (AvgIpc) is 2.59. The van der Waals surface area contributed by atoms with Gasteiger partial charge in [-0.3, -0.25) is 0 Å². The maximum absolute atomic E-state index is 5.68. The summed E-state index contributed by atoms with van der Waals surface area (Å²) < 4.78 is 0. The summed E-state index contributed by atoms with van der Waals surface area (Å²) in [5.41, 5.74) is 9.25. The third-order valence-corrected chi connectivity index (χ3v) is 3.26. The molecule has 2 N–H and O–H groups in total. The third-order valence-electron chi connectivity index (χ3n) is 3.26. The maximum atomic E-state index is 5.68. The topological polar surface area (TPSA) is 44.9 Å². The number of benzene rings is 1. The van der Waals surface area contributed by atoms with Crippen molar-refractivity contribution in [2.75, 3.05) is 20.6 Å². The zero-order valence-corrected chi connectivity index (χ0v) is 10.7. The Bertz CT molecular complexity index is 410.